The van der Waals surface area contributed by atoms with E-state index in [1.165, 1.54) is 12.1 Å². The highest BCUT2D eigenvalue weighted by molar-refractivity contribution is 6.31. The molecule has 2 aromatic rings. The molecule has 142 valence electrons. The molecule has 3 rings (SSSR count). The van der Waals surface area contributed by atoms with Crippen molar-refractivity contribution >= 4 is 23.5 Å². The Kier molecular flexibility index (Phi) is 6.11. The summed E-state index contributed by atoms with van der Waals surface area (Å²) in [6, 6.07) is 11.4. The van der Waals surface area contributed by atoms with E-state index in [-0.39, 0.29) is 22.9 Å². The Balaban J connectivity index is 1.58. The SMILES string of the molecule is O=C(O)c1ccccc1CC1CCN(C(=O)Cc2c(F)cccc2Cl)CC1. The molecule has 27 heavy (non-hydrogen) atoms. The number of carbonyl (C=O) groups excluding carboxylic acids is 1. The maximum Gasteiger partial charge on any atom is 0.335 e. The van der Waals surface area contributed by atoms with Crippen LogP contribution in [0.25, 0.3) is 0 Å². The zero-order valence-electron chi connectivity index (χ0n) is 14.8. The molecule has 1 aliphatic heterocycles. The minimum absolute atomic E-state index is 0.0436. The molecule has 0 radical (unpaired) electrons. The lowest BCUT2D eigenvalue weighted by molar-refractivity contribution is -0.131. The van der Waals surface area contributed by atoms with Crippen LogP contribution in [0.15, 0.2) is 42.5 Å². The fourth-order valence-corrected chi connectivity index (χ4v) is 3.80. The van der Waals surface area contributed by atoms with Gasteiger partial charge in [0.2, 0.25) is 5.91 Å². The fraction of sp³-hybridized carbons (Fsp3) is 0.333. The average Bonchev–Trinajstić information content (AvgIpc) is 2.65. The van der Waals surface area contributed by atoms with Gasteiger partial charge in [-0.3, -0.25) is 4.79 Å². The highest BCUT2D eigenvalue weighted by atomic mass is 35.5. The lowest BCUT2D eigenvalue weighted by Gasteiger charge is -2.32. The first-order valence-corrected chi connectivity index (χ1v) is 9.35. The quantitative estimate of drug-likeness (QED) is 0.833. The molecule has 6 heteroatoms. The number of halogens is 2. The highest BCUT2D eigenvalue weighted by Crippen LogP contribution is 2.25. The Labute approximate surface area is 162 Å². The Morgan fingerprint density at radius 1 is 1.11 bits per heavy atom. The number of benzene rings is 2. The van der Waals surface area contributed by atoms with Crippen LogP contribution in [0, 0.1) is 11.7 Å². The van der Waals surface area contributed by atoms with E-state index >= 15 is 0 Å². The smallest absolute Gasteiger partial charge is 0.335 e. The first kappa shape index (κ1) is 19.4. The van der Waals surface area contributed by atoms with Crippen molar-refractivity contribution in [1.29, 1.82) is 0 Å². The molecule has 0 atom stereocenters. The van der Waals surface area contributed by atoms with E-state index in [9.17, 15) is 19.1 Å². The number of likely N-dealkylation sites (tertiary alicyclic amines) is 1. The van der Waals surface area contributed by atoms with E-state index in [1.807, 2.05) is 12.1 Å². The Morgan fingerprint density at radius 3 is 2.48 bits per heavy atom. The number of hydrogen-bond acceptors (Lipinski definition) is 2. The number of hydrogen-bond donors (Lipinski definition) is 1. The van der Waals surface area contributed by atoms with Gasteiger partial charge in [0.15, 0.2) is 0 Å². The van der Waals surface area contributed by atoms with Crippen LogP contribution in [-0.2, 0) is 17.6 Å². The predicted molar refractivity (Wildman–Crippen MR) is 102 cm³/mol. The summed E-state index contributed by atoms with van der Waals surface area (Å²) < 4.78 is 13.9. The van der Waals surface area contributed by atoms with E-state index < -0.39 is 11.8 Å². The maximum atomic E-state index is 13.9. The van der Waals surface area contributed by atoms with Gasteiger partial charge in [0.05, 0.1) is 12.0 Å². The van der Waals surface area contributed by atoms with Crippen LogP contribution in [0.5, 0.6) is 0 Å². The van der Waals surface area contributed by atoms with Crippen molar-refractivity contribution in [2.75, 3.05) is 13.1 Å². The maximum absolute atomic E-state index is 13.9. The van der Waals surface area contributed by atoms with Crippen molar-refractivity contribution in [2.24, 2.45) is 5.92 Å². The summed E-state index contributed by atoms with van der Waals surface area (Å²) in [7, 11) is 0. The molecule has 1 fully saturated rings. The van der Waals surface area contributed by atoms with Crippen molar-refractivity contribution in [3.63, 3.8) is 0 Å². The molecule has 1 saturated heterocycles. The lowest BCUT2D eigenvalue weighted by Crippen LogP contribution is -2.40. The third-order valence-electron chi connectivity index (χ3n) is 5.11. The van der Waals surface area contributed by atoms with Crippen LogP contribution in [0.4, 0.5) is 4.39 Å². The van der Waals surface area contributed by atoms with Crippen LogP contribution in [0.3, 0.4) is 0 Å². The molecule has 0 bridgehead atoms. The summed E-state index contributed by atoms with van der Waals surface area (Å²) in [4.78, 5) is 25.6. The van der Waals surface area contributed by atoms with Crippen LogP contribution in [-0.4, -0.2) is 35.0 Å². The van der Waals surface area contributed by atoms with Crippen LogP contribution < -0.4 is 0 Å². The highest BCUT2D eigenvalue weighted by Gasteiger charge is 2.25. The molecule has 0 aromatic heterocycles. The van der Waals surface area contributed by atoms with Gasteiger partial charge in [0.1, 0.15) is 5.82 Å². The second-order valence-electron chi connectivity index (χ2n) is 6.87. The summed E-state index contributed by atoms with van der Waals surface area (Å²) in [5, 5.41) is 9.57. The normalized spacial score (nSPS) is 15.0. The lowest BCUT2D eigenvalue weighted by atomic mass is 9.88. The second kappa shape index (κ2) is 8.53. The Morgan fingerprint density at radius 2 is 1.81 bits per heavy atom. The average molecular weight is 390 g/mol. The topological polar surface area (TPSA) is 57.6 Å². The molecule has 1 N–H and O–H groups in total. The minimum Gasteiger partial charge on any atom is -0.478 e. The van der Waals surface area contributed by atoms with E-state index in [4.69, 9.17) is 11.6 Å². The van der Waals surface area contributed by atoms with Gasteiger partial charge in [-0.2, -0.15) is 0 Å². The second-order valence-corrected chi connectivity index (χ2v) is 7.27. The van der Waals surface area contributed by atoms with Crippen LogP contribution >= 0.6 is 11.6 Å². The van der Waals surface area contributed by atoms with Gasteiger partial charge in [-0.1, -0.05) is 35.9 Å². The Hall–Kier alpha value is -2.40. The Bertz CT molecular complexity index is 827. The molecule has 0 spiro atoms. The van der Waals surface area contributed by atoms with Gasteiger partial charge >= 0.3 is 5.97 Å². The van der Waals surface area contributed by atoms with E-state index in [1.54, 1.807) is 23.1 Å². The standard InChI is InChI=1S/C21H21ClFNO3/c22-18-6-3-7-19(23)17(18)13-20(25)24-10-8-14(9-11-24)12-15-4-1-2-5-16(15)21(26)27/h1-7,14H,8-13H2,(H,26,27). The zero-order chi connectivity index (χ0) is 19.4. The van der Waals surface area contributed by atoms with Crippen molar-refractivity contribution in [1.82, 2.24) is 4.90 Å². The summed E-state index contributed by atoms with van der Waals surface area (Å²) in [6.07, 6.45) is 2.23. The number of carboxylic acids is 1. The largest absolute Gasteiger partial charge is 0.478 e. The fourth-order valence-electron chi connectivity index (χ4n) is 3.57. The molecular formula is C21H21ClFNO3. The third kappa shape index (κ3) is 4.66. The van der Waals surface area contributed by atoms with Crippen molar-refractivity contribution < 1.29 is 19.1 Å². The number of rotatable bonds is 5. The van der Waals surface area contributed by atoms with Crippen LogP contribution in [0.2, 0.25) is 5.02 Å². The molecule has 0 aliphatic carbocycles. The van der Waals surface area contributed by atoms with Gasteiger partial charge in [0, 0.05) is 23.7 Å². The number of piperidine rings is 1. The molecule has 4 nitrogen and oxygen atoms in total. The molecule has 0 saturated carbocycles. The van der Waals surface area contributed by atoms with E-state index in [2.05, 4.69) is 0 Å². The molecule has 1 heterocycles. The summed E-state index contributed by atoms with van der Waals surface area (Å²) in [5.41, 5.74) is 1.40. The first-order valence-electron chi connectivity index (χ1n) is 8.97. The summed E-state index contributed by atoms with van der Waals surface area (Å²) in [5.74, 6) is -1.19. The van der Waals surface area contributed by atoms with Crippen molar-refractivity contribution in [3.8, 4) is 0 Å². The summed E-state index contributed by atoms with van der Waals surface area (Å²) >= 11 is 6.01. The molecular weight excluding hydrogens is 369 g/mol. The summed E-state index contributed by atoms with van der Waals surface area (Å²) in [6.45, 7) is 1.18. The molecule has 2 aromatic carbocycles. The number of carboxylic acid groups (broad SMARTS) is 1. The number of aromatic carboxylic acids is 1. The van der Waals surface area contributed by atoms with E-state index in [0.29, 0.717) is 31.0 Å². The number of nitrogens with zero attached hydrogens (tertiary/aromatic N) is 1. The van der Waals surface area contributed by atoms with Gasteiger partial charge in [-0.25, -0.2) is 9.18 Å². The molecule has 0 unspecified atom stereocenters. The van der Waals surface area contributed by atoms with Gasteiger partial charge in [-0.15, -0.1) is 0 Å². The van der Waals surface area contributed by atoms with Crippen LogP contribution in [0.1, 0.15) is 34.3 Å². The van der Waals surface area contributed by atoms with E-state index in [0.717, 1.165) is 18.4 Å². The van der Waals surface area contributed by atoms with Crippen molar-refractivity contribution in [2.45, 2.75) is 25.7 Å². The van der Waals surface area contributed by atoms with Gasteiger partial charge < -0.3 is 10.0 Å². The number of carbonyl (C=O) groups is 2. The van der Waals surface area contributed by atoms with Gasteiger partial charge in [-0.05, 0) is 48.9 Å². The predicted octanol–water partition coefficient (Wildman–Crippen LogP) is 4.20. The molecule has 1 aliphatic rings. The van der Waals surface area contributed by atoms with Gasteiger partial charge in [0.25, 0.3) is 0 Å². The zero-order valence-corrected chi connectivity index (χ0v) is 15.6. The first-order chi connectivity index (χ1) is 13.0. The minimum atomic E-state index is -0.917. The van der Waals surface area contributed by atoms with Crippen molar-refractivity contribution in [3.05, 3.63) is 70.0 Å². The third-order valence-corrected chi connectivity index (χ3v) is 5.47. The number of amides is 1. The monoisotopic (exact) mass is 389 g/mol. The molecule has 1 amide bonds.